The molecule has 2 aliphatic rings. The van der Waals surface area contributed by atoms with Crippen LogP contribution in [0.1, 0.15) is 51.0 Å². The number of urea groups is 1. The van der Waals surface area contributed by atoms with Crippen LogP contribution in [-0.2, 0) is 25.5 Å². The quantitative estimate of drug-likeness (QED) is 0.314. The first kappa shape index (κ1) is 26.0. The zero-order valence-electron chi connectivity index (χ0n) is 20.4. The fraction of sp³-hybridized carbons (Fsp3) is 0.542. The summed E-state index contributed by atoms with van der Waals surface area (Å²) in [5, 5.41) is 0. The van der Waals surface area contributed by atoms with E-state index in [1.165, 1.54) is 14.2 Å². The van der Waals surface area contributed by atoms with Crippen LogP contribution in [0.25, 0.3) is 0 Å². The molecule has 1 aliphatic heterocycles. The van der Waals surface area contributed by atoms with E-state index in [-0.39, 0.29) is 18.1 Å². The van der Waals surface area contributed by atoms with Crippen molar-refractivity contribution in [3.63, 3.8) is 0 Å². The molecule has 4 N–H and O–H groups in total. The van der Waals surface area contributed by atoms with Gasteiger partial charge in [-0.25, -0.2) is 9.78 Å². The van der Waals surface area contributed by atoms with Crippen molar-refractivity contribution in [3.05, 3.63) is 35.3 Å². The van der Waals surface area contributed by atoms with E-state index >= 15 is 0 Å². The topological polar surface area (TPSA) is 158 Å². The minimum atomic E-state index is -0.868. The van der Waals surface area contributed by atoms with E-state index in [9.17, 15) is 19.2 Å². The molecular weight excluding hydrogens is 454 g/mol. The molecule has 190 valence electrons. The third kappa shape index (κ3) is 4.94. The maximum absolute atomic E-state index is 13.2. The number of amides is 4. The van der Waals surface area contributed by atoms with Crippen molar-refractivity contribution in [1.82, 2.24) is 14.8 Å². The van der Waals surface area contributed by atoms with Crippen LogP contribution in [0.3, 0.4) is 0 Å². The largest absolute Gasteiger partial charge is 0.481 e. The highest BCUT2D eigenvalue weighted by Crippen LogP contribution is 2.43. The highest BCUT2D eigenvalue weighted by atomic mass is 16.5. The van der Waals surface area contributed by atoms with Gasteiger partial charge >= 0.3 is 12.0 Å². The normalized spacial score (nSPS) is 22.9. The number of rotatable bonds is 8. The zero-order valence-corrected chi connectivity index (χ0v) is 20.4. The van der Waals surface area contributed by atoms with Gasteiger partial charge in [0.1, 0.15) is 11.4 Å². The SMILES string of the molecule is CCCCN1C(=O)C(=C(N)N)C(=O)N(C2CCC(Cc3cccnc3OC)(C(=O)OC)CC2)C1=O. The number of imide groups is 2. The maximum atomic E-state index is 13.2. The summed E-state index contributed by atoms with van der Waals surface area (Å²) in [5.41, 5.74) is 10.8. The van der Waals surface area contributed by atoms with Gasteiger partial charge < -0.3 is 20.9 Å². The smallest absolute Gasteiger partial charge is 0.334 e. The number of carbonyl (C=O) groups is 4. The Labute approximate surface area is 204 Å². The first-order chi connectivity index (χ1) is 16.7. The molecular formula is C24H33N5O6. The van der Waals surface area contributed by atoms with E-state index in [0.29, 0.717) is 44.4 Å². The summed E-state index contributed by atoms with van der Waals surface area (Å²) < 4.78 is 10.5. The van der Waals surface area contributed by atoms with Gasteiger partial charge in [0, 0.05) is 24.3 Å². The van der Waals surface area contributed by atoms with Crippen LogP contribution < -0.4 is 16.2 Å². The Kier molecular flexibility index (Phi) is 7.98. The van der Waals surface area contributed by atoms with E-state index in [4.69, 9.17) is 20.9 Å². The number of carbonyl (C=O) groups excluding carboxylic acids is 4. The standard InChI is InChI=1S/C24H33N5O6/c1-4-5-13-28-20(30)17(18(25)26)21(31)29(23(28)33)16-8-10-24(11-9-16,22(32)35-3)14-15-7-6-12-27-19(15)34-2/h6-7,12,16H,4-5,8-11,13-14,25-26H2,1-3H3. The molecule has 2 heterocycles. The van der Waals surface area contributed by atoms with Crippen molar-refractivity contribution in [2.75, 3.05) is 20.8 Å². The minimum absolute atomic E-state index is 0.161. The van der Waals surface area contributed by atoms with Crippen LogP contribution in [0.4, 0.5) is 4.79 Å². The second kappa shape index (κ2) is 10.7. The number of nitrogens with zero attached hydrogens (tertiary/aromatic N) is 3. The van der Waals surface area contributed by atoms with E-state index in [1.54, 1.807) is 12.3 Å². The molecule has 0 aromatic carbocycles. The van der Waals surface area contributed by atoms with Crippen LogP contribution >= 0.6 is 0 Å². The van der Waals surface area contributed by atoms with E-state index in [2.05, 4.69) is 4.98 Å². The maximum Gasteiger partial charge on any atom is 0.334 e. The summed E-state index contributed by atoms with van der Waals surface area (Å²) in [6.45, 7) is 2.09. The van der Waals surface area contributed by atoms with Crippen molar-refractivity contribution in [2.24, 2.45) is 16.9 Å². The molecule has 0 spiro atoms. The molecule has 4 amide bonds. The average Bonchev–Trinajstić information content (AvgIpc) is 2.84. The number of methoxy groups -OCH3 is 2. The van der Waals surface area contributed by atoms with E-state index in [1.807, 2.05) is 13.0 Å². The molecule has 1 aromatic heterocycles. The molecule has 2 fully saturated rings. The van der Waals surface area contributed by atoms with Crippen LogP contribution in [0.2, 0.25) is 0 Å². The Hall–Kier alpha value is -3.63. The second-order valence-electron chi connectivity index (χ2n) is 8.95. The Morgan fingerprint density at radius 1 is 1.17 bits per heavy atom. The fourth-order valence-electron chi connectivity index (χ4n) is 4.92. The zero-order chi connectivity index (χ0) is 25.8. The number of esters is 1. The van der Waals surface area contributed by atoms with Gasteiger partial charge in [-0.3, -0.25) is 24.2 Å². The molecule has 0 unspecified atom stereocenters. The third-order valence-electron chi connectivity index (χ3n) is 6.82. The molecule has 1 aromatic rings. The number of ether oxygens (including phenoxy) is 2. The predicted molar refractivity (Wildman–Crippen MR) is 125 cm³/mol. The molecule has 1 saturated heterocycles. The van der Waals surface area contributed by atoms with Gasteiger partial charge in [0.25, 0.3) is 11.8 Å². The Morgan fingerprint density at radius 2 is 1.86 bits per heavy atom. The Bertz CT molecular complexity index is 1030. The van der Waals surface area contributed by atoms with Crippen LogP contribution in [-0.4, -0.2) is 65.4 Å². The minimum Gasteiger partial charge on any atom is -0.481 e. The Morgan fingerprint density at radius 3 is 2.43 bits per heavy atom. The number of aromatic nitrogens is 1. The molecule has 11 nitrogen and oxygen atoms in total. The number of hydrogen-bond donors (Lipinski definition) is 2. The summed E-state index contributed by atoms with van der Waals surface area (Å²) in [6, 6.07) is 2.42. The number of unbranched alkanes of at least 4 members (excludes halogenated alkanes) is 1. The lowest BCUT2D eigenvalue weighted by atomic mass is 9.68. The lowest BCUT2D eigenvalue weighted by molar-refractivity contribution is -0.155. The summed E-state index contributed by atoms with van der Waals surface area (Å²) in [6.07, 6.45) is 4.71. The van der Waals surface area contributed by atoms with Gasteiger partial charge in [-0.05, 0) is 44.6 Å². The van der Waals surface area contributed by atoms with Crippen molar-refractivity contribution in [1.29, 1.82) is 0 Å². The number of hydrogen-bond acceptors (Lipinski definition) is 9. The molecule has 35 heavy (non-hydrogen) atoms. The van der Waals surface area contributed by atoms with Gasteiger partial charge in [0.05, 0.1) is 19.6 Å². The molecule has 3 rings (SSSR count). The van der Waals surface area contributed by atoms with Crippen molar-refractivity contribution >= 4 is 23.8 Å². The van der Waals surface area contributed by atoms with Gasteiger partial charge in [0.15, 0.2) is 0 Å². The van der Waals surface area contributed by atoms with Gasteiger partial charge in [-0.15, -0.1) is 0 Å². The van der Waals surface area contributed by atoms with Gasteiger partial charge in [-0.1, -0.05) is 19.4 Å². The highest BCUT2D eigenvalue weighted by molar-refractivity contribution is 6.29. The fourth-order valence-corrected chi connectivity index (χ4v) is 4.92. The van der Waals surface area contributed by atoms with E-state index < -0.39 is 35.1 Å². The molecule has 1 aliphatic carbocycles. The van der Waals surface area contributed by atoms with E-state index in [0.717, 1.165) is 21.8 Å². The molecule has 0 radical (unpaired) electrons. The van der Waals surface area contributed by atoms with Crippen molar-refractivity contribution in [2.45, 2.75) is 57.9 Å². The van der Waals surface area contributed by atoms with Crippen LogP contribution in [0.5, 0.6) is 5.88 Å². The summed E-state index contributed by atoms with van der Waals surface area (Å²) in [7, 11) is 2.85. The number of nitrogens with two attached hydrogens (primary N) is 2. The second-order valence-corrected chi connectivity index (χ2v) is 8.95. The average molecular weight is 488 g/mol. The van der Waals surface area contributed by atoms with Gasteiger partial charge in [0.2, 0.25) is 5.88 Å². The molecule has 11 heteroatoms. The summed E-state index contributed by atoms with van der Waals surface area (Å²) in [5.74, 6) is -1.92. The highest BCUT2D eigenvalue weighted by Gasteiger charge is 2.50. The van der Waals surface area contributed by atoms with Crippen LogP contribution in [0, 0.1) is 5.41 Å². The Balaban J connectivity index is 1.88. The van der Waals surface area contributed by atoms with Crippen molar-refractivity contribution < 1.29 is 28.7 Å². The molecule has 0 atom stereocenters. The molecule has 0 bridgehead atoms. The van der Waals surface area contributed by atoms with Gasteiger partial charge in [-0.2, -0.15) is 0 Å². The summed E-state index contributed by atoms with van der Waals surface area (Å²) in [4.78, 5) is 58.4. The first-order valence-electron chi connectivity index (χ1n) is 11.7. The third-order valence-corrected chi connectivity index (χ3v) is 6.82. The van der Waals surface area contributed by atoms with Crippen molar-refractivity contribution in [3.8, 4) is 5.88 Å². The molecule has 1 saturated carbocycles. The summed E-state index contributed by atoms with van der Waals surface area (Å²) >= 11 is 0. The number of barbiturate groups is 1. The predicted octanol–water partition coefficient (Wildman–Crippen LogP) is 1.45. The van der Waals surface area contributed by atoms with Crippen LogP contribution in [0.15, 0.2) is 29.7 Å². The monoisotopic (exact) mass is 487 g/mol. The number of pyridine rings is 1. The first-order valence-corrected chi connectivity index (χ1v) is 11.7. The lowest BCUT2D eigenvalue weighted by Crippen LogP contribution is -2.61. The lowest BCUT2D eigenvalue weighted by Gasteiger charge is -2.44.